The number of carboxylic acid groups (broad SMARTS) is 1. The zero-order valence-electron chi connectivity index (χ0n) is 18.8. The topological polar surface area (TPSA) is 105 Å². The van der Waals surface area contributed by atoms with Gasteiger partial charge in [0.15, 0.2) is 0 Å². The van der Waals surface area contributed by atoms with Crippen molar-refractivity contribution in [3.05, 3.63) is 52.8 Å². The van der Waals surface area contributed by atoms with Crippen molar-refractivity contribution in [1.29, 1.82) is 0 Å². The molecule has 2 fully saturated rings. The number of anilines is 1. The lowest BCUT2D eigenvalue weighted by Crippen LogP contribution is -2.23. The minimum absolute atomic E-state index is 0.0608. The van der Waals surface area contributed by atoms with Gasteiger partial charge in [0.05, 0.1) is 29.9 Å². The summed E-state index contributed by atoms with van der Waals surface area (Å²) in [5.41, 5.74) is 0.674. The fourth-order valence-corrected chi connectivity index (χ4v) is 6.18. The first kappa shape index (κ1) is 23.1. The van der Waals surface area contributed by atoms with E-state index in [4.69, 9.17) is 9.47 Å². The third kappa shape index (κ3) is 4.37. The predicted octanol–water partition coefficient (Wildman–Crippen LogP) is 3.43. The molecule has 3 aliphatic rings. The van der Waals surface area contributed by atoms with Crippen LogP contribution in [0.25, 0.3) is 0 Å². The van der Waals surface area contributed by atoms with Crippen LogP contribution in [0.1, 0.15) is 47.2 Å². The summed E-state index contributed by atoms with van der Waals surface area (Å²) in [4.78, 5) is 14.1. The summed E-state index contributed by atoms with van der Waals surface area (Å²) in [6.07, 6.45) is 1.70. The smallest absolute Gasteiger partial charge is 0.341 e. The van der Waals surface area contributed by atoms with Crippen molar-refractivity contribution in [3.63, 3.8) is 0 Å². The molecular weight excluding hydrogens is 463 g/mol. The average Bonchev–Trinajstić information content (AvgIpc) is 3.45. The van der Waals surface area contributed by atoms with Crippen LogP contribution in [-0.4, -0.2) is 56.7 Å². The number of carbonyl (C=O) groups is 1. The Balaban J connectivity index is 1.42. The Morgan fingerprint density at radius 1 is 1.32 bits per heavy atom. The lowest BCUT2D eigenvalue weighted by atomic mass is 10.0. The number of nitrogens with zero attached hydrogens (tertiary/aromatic N) is 1. The molecule has 8 nitrogen and oxygen atoms in total. The Kier molecular flexibility index (Phi) is 5.99. The highest BCUT2D eigenvalue weighted by Crippen LogP contribution is 2.55. The van der Waals surface area contributed by atoms with Gasteiger partial charge in [-0.25, -0.2) is 17.6 Å². The van der Waals surface area contributed by atoms with Crippen LogP contribution in [0.3, 0.4) is 0 Å². The normalized spacial score (nSPS) is 23.6. The van der Waals surface area contributed by atoms with Crippen molar-refractivity contribution in [2.45, 2.75) is 43.3 Å². The molecule has 0 unspecified atom stereocenters. The van der Waals surface area contributed by atoms with Crippen LogP contribution in [-0.2, 0) is 21.4 Å². The molecule has 2 aromatic rings. The molecule has 1 aliphatic carbocycles. The highest BCUT2D eigenvalue weighted by atomic mass is 32.2. The van der Waals surface area contributed by atoms with Gasteiger partial charge in [0, 0.05) is 24.6 Å². The maximum absolute atomic E-state index is 14.0. The number of fused-ring (bicyclic) bond motifs is 3. The Bertz CT molecular complexity index is 1230. The van der Waals surface area contributed by atoms with E-state index < -0.39 is 21.8 Å². The van der Waals surface area contributed by atoms with Gasteiger partial charge >= 0.3 is 5.97 Å². The van der Waals surface area contributed by atoms with Gasteiger partial charge in [0.2, 0.25) is 0 Å². The first-order chi connectivity index (χ1) is 16.3. The first-order valence-corrected chi connectivity index (χ1v) is 12.9. The number of nitrogens with one attached hydrogen (secondary N) is 1. The number of rotatable bonds is 8. The van der Waals surface area contributed by atoms with E-state index in [0.717, 1.165) is 50.2 Å². The molecule has 182 valence electrons. The Morgan fingerprint density at radius 2 is 2.15 bits per heavy atom. The number of halogens is 1. The van der Waals surface area contributed by atoms with Crippen LogP contribution in [0.2, 0.25) is 0 Å². The van der Waals surface area contributed by atoms with Gasteiger partial charge in [-0.15, -0.1) is 0 Å². The van der Waals surface area contributed by atoms with E-state index in [1.807, 2.05) is 0 Å². The second kappa shape index (κ2) is 8.83. The maximum atomic E-state index is 14.0. The van der Waals surface area contributed by atoms with Gasteiger partial charge in [0.1, 0.15) is 17.1 Å². The van der Waals surface area contributed by atoms with E-state index in [0.29, 0.717) is 12.5 Å². The molecule has 0 radical (unpaired) electrons. The number of likely N-dealkylation sites (tertiary alicyclic amines) is 1. The van der Waals surface area contributed by atoms with E-state index in [1.165, 1.54) is 12.1 Å². The number of hydrogen-bond acceptors (Lipinski definition) is 6. The van der Waals surface area contributed by atoms with E-state index in [9.17, 15) is 22.7 Å². The second-order valence-corrected chi connectivity index (χ2v) is 10.7. The van der Waals surface area contributed by atoms with Gasteiger partial charge in [0.25, 0.3) is 10.0 Å². The standard InChI is InChI=1S/C24H27FN2O6S/c1-2-27-8-7-17(11-27)32-13-15-9-16(25)3-6-21(15)34(30,31)26-20-5-4-18-19-10-14(19)12-33-23(18)22(20)24(28)29/h3-6,9,14,17,19,26H,2,7-8,10-13H2,1H3,(H,28,29)/t14-,17+,19-/m0/s1. The van der Waals surface area contributed by atoms with Crippen molar-refractivity contribution in [1.82, 2.24) is 4.90 Å². The third-order valence-corrected chi connectivity index (χ3v) is 8.34. The summed E-state index contributed by atoms with van der Waals surface area (Å²) in [5, 5.41) is 9.84. The summed E-state index contributed by atoms with van der Waals surface area (Å²) in [5.74, 6) is -0.990. The lowest BCUT2D eigenvalue weighted by molar-refractivity contribution is 0.0457. The van der Waals surface area contributed by atoms with E-state index >= 15 is 0 Å². The zero-order valence-corrected chi connectivity index (χ0v) is 19.6. The molecular formula is C24H27FN2O6S. The Labute approximate surface area is 197 Å². The summed E-state index contributed by atoms with van der Waals surface area (Å²) in [7, 11) is -4.23. The minimum Gasteiger partial charge on any atom is -0.492 e. The van der Waals surface area contributed by atoms with Crippen molar-refractivity contribution < 1.29 is 32.2 Å². The second-order valence-electron chi connectivity index (χ2n) is 9.10. The van der Waals surface area contributed by atoms with Gasteiger partial charge in [-0.3, -0.25) is 4.72 Å². The molecule has 0 spiro atoms. The minimum atomic E-state index is -4.23. The number of aromatic carboxylic acids is 1. The zero-order chi connectivity index (χ0) is 24.0. The van der Waals surface area contributed by atoms with E-state index in [1.54, 1.807) is 6.07 Å². The van der Waals surface area contributed by atoms with Gasteiger partial charge in [-0.05, 0) is 55.1 Å². The van der Waals surface area contributed by atoms with Gasteiger partial charge < -0.3 is 19.5 Å². The monoisotopic (exact) mass is 490 g/mol. The van der Waals surface area contributed by atoms with Crippen molar-refractivity contribution >= 4 is 21.7 Å². The number of likely N-dealkylation sites (N-methyl/N-ethyl adjacent to an activating group) is 1. The highest BCUT2D eigenvalue weighted by molar-refractivity contribution is 7.92. The molecule has 10 heteroatoms. The van der Waals surface area contributed by atoms with Crippen LogP contribution < -0.4 is 9.46 Å². The first-order valence-electron chi connectivity index (χ1n) is 11.4. The highest BCUT2D eigenvalue weighted by Gasteiger charge is 2.45. The Morgan fingerprint density at radius 3 is 2.88 bits per heavy atom. The van der Waals surface area contributed by atoms with Crippen LogP contribution >= 0.6 is 0 Å². The van der Waals surface area contributed by atoms with E-state index in [2.05, 4.69) is 16.5 Å². The molecule has 2 heterocycles. The average molecular weight is 491 g/mol. The summed E-state index contributed by atoms with van der Waals surface area (Å²) in [6, 6.07) is 6.56. The predicted molar refractivity (Wildman–Crippen MR) is 122 cm³/mol. The molecule has 2 N–H and O–H groups in total. The Hall–Kier alpha value is -2.69. The fraction of sp³-hybridized carbons (Fsp3) is 0.458. The number of sulfonamides is 1. The molecule has 0 aromatic heterocycles. The SMILES string of the molecule is CCN1CC[C@@H](OCc2cc(F)ccc2S(=O)(=O)Nc2ccc3c(c2C(=O)O)OC[C@@H]2C[C@H]32)C1. The fourth-order valence-electron chi connectivity index (χ4n) is 4.90. The number of ether oxygens (including phenoxy) is 2. The van der Waals surface area contributed by atoms with Crippen LogP contribution in [0.5, 0.6) is 5.75 Å². The summed E-state index contributed by atoms with van der Waals surface area (Å²) in [6.45, 7) is 4.96. The quantitative estimate of drug-likeness (QED) is 0.584. The van der Waals surface area contributed by atoms with Crippen molar-refractivity contribution in [3.8, 4) is 5.75 Å². The number of carboxylic acids is 1. The molecule has 2 aromatic carbocycles. The molecule has 34 heavy (non-hydrogen) atoms. The van der Waals surface area contributed by atoms with Crippen molar-refractivity contribution in [2.24, 2.45) is 5.92 Å². The van der Waals surface area contributed by atoms with E-state index in [-0.39, 0.29) is 46.1 Å². The van der Waals surface area contributed by atoms with Crippen LogP contribution in [0.4, 0.5) is 10.1 Å². The molecule has 3 atom stereocenters. The molecule has 2 aliphatic heterocycles. The largest absolute Gasteiger partial charge is 0.492 e. The maximum Gasteiger partial charge on any atom is 0.341 e. The summed E-state index contributed by atoms with van der Waals surface area (Å²) >= 11 is 0. The van der Waals surface area contributed by atoms with Crippen LogP contribution in [0.15, 0.2) is 35.2 Å². The van der Waals surface area contributed by atoms with Crippen molar-refractivity contribution in [2.75, 3.05) is 31.0 Å². The van der Waals surface area contributed by atoms with Gasteiger partial charge in [-0.1, -0.05) is 13.0 Å². The molecule has 1 saturated heterocycles. The molecule has 0 amide bonds. The van der Waals surface area contributed by atoms with Gasteiger partial charge in [-0.2, -0.15) is 0 Å². The molecule has 0 bridgehead atoms. The van der Waals surface area contributed by atoms with Crippen LogP contribution in [0, 0.1) is 11.7 Å². The molecule has 5 rings (SSSR count). The number of hydrogen-bond donors (Lipinski definition) is 2. The lowest BCUT2D eigenvalue weighted by Gasteiger charge is -2.21. The third-order valence-electron chi connectivity index (χ3n) is 6.87. The number of benzene rings is 2. The summed E-state index contributed by atoms with van der Waals surface area (Å²) < 4.78 is 54.6. The molecule has 1 saturated carbocycles.